The molecule has 0 unspecified atom stereocenters. The summed E-state index contributed by atoms with van der Waals surface area (Å²) >= 11 is 1.12. The molecule has 0 bridgehead atoms. The van der Waals surface area contributed by atoms with Gasteiger partial charge < -0.3 is 10.0 Å². The van der Waals surface area contributed by atoms with Crippen LogP contribution in [-0.4, -0.2) is 44.1 Å². The predicted octanol–water partition coefficient (Wildman–Crippen LogP) is 0.617. The molecule has 1 aromatic rings. The zero-order valence-corrected chi connectivity index (χ0v) is 9.31. The van der Waals surface area contributed by atoms with Crippen molar-refractivity contribution in [1.82, 2.24) is 14.5 Å². The number of aliphatic carboxylic acids is 1. The van der Waals surface area contributed by atoms with E-state index in [1.54, 1.807) is 10.3 Å². The third-order valence-corrected chi connectivity index (χ3v) is 2.90. The summed E-state index contributed by atoms with van der Waals surface area (Å²) in [4.78, 5) is 24.0. The second-order valence-electron chi connectivity index (χ2n) is 3.66. The standard InChI is InChI=1S/C9H11N3O3S/c13-8(14)3-4-12(6-1-2-6)9(15)7-5-16-11-10-7/h5-6H,1-4H2,(H,13,14). The minimum Gasteiger partial charge on any atom is -0.481 e. The Morgan fingerprint density at radius 2 is 2.31 bits per heavy atom. The number of carbonyl (C=O) groups is 2. The SMILES string of the molecule is O=C(O)CCN(C(=O)c1csnn1)C1CC1. The van der Waals surface area contributed by atoms with E-state index in [1.807, 2.05) is 0 Å². The summed E-state index contributed by atoms with van der Waals surface area (Å²) < 4.78 is 3.63. The average Bonchev–Trinajstić information content (AvgIpc) is 2.93. The number of carboxylic acid groups (broad SMARTS) is 1. The maximum absolute atomic E-state index is 11.9. The molecule has 7 heteroatoms. The highest BCUT2D eigenvalue weighted by Crippen LogP contribution is 2.28. The van der Waals surface area contributed by atoms with Crippen molar-refractivity contribution in [2.24, 2.45) is 0 Å². The van der Waals surface area contributed by atoms with Crippen LogP contribution in [0.1, 0.15) is 29.8 Å². The van der Waals surface area contributed by atoms with Crippen molar-refractivity contribution < 1.29 is 14.7 Å². The van der Waals surface area contributed by atoms with Gasteiger partial charge in [0.05, 0.1) is 6.42 Å². The molecule has 2 rings (SSSR count). The fourth-order valence-electron chi connectivity index (χ4n) is 1.46. The van der Waals surface area contributed by atoms with Crippen LogP contribution < -0.4 is 0 Å². The van der Waals surface area contributed by atoms with Crippen molar-refractivity contribution in [3.63, 3.8) is 0 Å². The molecular weight excluding hydrogens is 230 g/mol. The Morgan fingerprint density at radius 1 is 1.56 bits per heavy atom. The first kappa shape index (κ1) is 11.0. The van der Waals surface area contributed by atoms with Gasteiger partial charge in [0.15, 0.2) is 5.69 Å². The summed E-state index contributed by atoms with van der Waals surface area (Å²) in [5, 5.41) is 13.9. The van der Waals surface area contributed by atoms with E-state index in [0.29, 0.717) is 5.69 Å². The second-order valence-corrected chi connectivity index (χ2v) is 4.27. The number of rotatable bonds is 5. The van der Waals surface area contributed by atoms with Crippen LogP contribution in [-0.2, 0) is 4.79 Å². The third kappa shape index (κ3) is 2.54. The van der Waals surface area contributed by atoms with Gasteiger partial charge in [-0.25, -0.2) is 0 Å². The number of carbonyl (C=O) groups excluding carboxylic acids is 1. The van der Waals surface area contributed by atoms with E-state index in [0.717, 1.165) is 24.4 Å². The van der Waals surface area contributed by atoms with E-state index >= 15 is 0 Å². The van der Waals surface area contributed by atoms with Gasteiger partial charge in [-0.15, -0.1) is 5.10 Å². The van der Waals surface area contributed by atoms with Gasteiger partial charge in [-0.05, 0) is 24.4 Å². The minimum atomic E-state index is -0.894. The van der Waals surface area contributed by atoms with Crippen LogP contribution in [0.4, 0.5) is 0 Å². The lowest BCUT2D eigenvalue weighted by atomic mass is 10.3. The van der Waals surface area contributed by atoms with E-state index in [2.05, 4.69) is 9.59 Å². The zero-order chi connectivity index (χ0) is 11.5. The molecule has 1 saturated carbocycles. The van der Waals surface area contributed by atoms with E-state index in [-0.39, 0.29) is 24.9 Å². The number of aromatic nitrogens is 2. The van der Waals surface area contributed by atoms with Crippen LogP contribution in [0, 0.1) is 0 Å². The Labute approximate surface area is 96.0 Å². The van der Waals surface area contributed by atoms with Crippen molar-refractivity contribution in [3.8, 4) is 0 Å². The molecule has 0 radical (unpaired) electrons. The Bertz CT molecular complexity index is 389. The van der Waals surface area contributed by atoms with Gasteiger partial charge in [0.2, 0.25) is 0 Å². The first-order valence-electron chi connectivity index (χ1n) is 4.98. The highest BCUT2D eigenvalue weighted by molar-refractivity contribution is 7.03. The summed E-state index contributed by atoms with van der Waals surface area (Å²) in [5.41, 5.74) is 0.308. The van der Waals surface area contributed by atoms with E-state index in [9.17, 15) is 9.59 Å². The topological polar surface area (TPSA) is 83.4 Å². The van der Waals surface area contributed by atoms with Gasteiger partial charge in [-0.2, -0.15) is 0 Å². The van der Waals surface area contributed by atoms with Crippen molar-refractivity contribution in [1.29, 1.82) is 0 Å². The maximum atomic E-state index is 11.9. The first-order chi connectivity index (χ1) is 7.68. The van der Waals surface area contributed by atoms with Crippen molar-refractivity contribution in [2.75, 3.05) is 6.54 Å². The molecule has 16 heavy (non-hydrogen) atoms. The van der Waals surface area contributed by atoms with E-state index in [4.69, 9.17) is 5.11 Å². The van der Waals surface area contributed by atoms with Crippen LogP contribution in [0.2, 0.25) is 0 Å². The fourth-order valence-corrected chi connectivity index (χ4v) is 1.89. The lowest BCUT2D eigenvalue weighted by molar-refractivity contribution is -0.137. The lowest BCUT2D eigenvalue weighted by Crippen LogP contribution is -2.35. The van der Waals surface area contributed by atoms with Gasteiger partial charge >= 0.3 is 5.97 Å². The third-order valence-electron chi connectivity index (χ3n) is 2.39. The number of hydrogen-bond donors (Lipinski definition) is 1. The highest BCUT2D eigenvalue weighted by Gasteiger charge is 2.33. The number of nitrogens with zero attached hydrogens (tertiary/aromatic N) is 3. The molecule has 86 valence electrons. The quantitative estimate of drug-likeness (QED) is 0.816. The van der Waals surface area contributed by atoms with Crippen LogP contribution in [0.25, 0.3) is 0 Å². The molecule has 1 amide bonds. The molecule has 1 heterocycles. The summed E-state index contributed by atoms with van der Waals surface area (Å²) in [6.07, 6.45) is 1.87. The van der Waals surface area contributed by atoms with Crippen LogP contribution in [0.5, 0.6) is 0 Å². The number of amides is 1. The lowest BCUT2D eigenvalue weighted by Gasteiger charge is -2.19. The Kier molecular flexibility index (Phi) is 3.14. The largest absolute Gasteiger partial charge is 0.481 e. The van der Waals surface area contributed by atoms with Gasteiger partial charge in [0.25, 0.3) is 5.91 Å². The molecule has 1 aromatic heterocycles. The Morgan fingerprint density at radius 3 is 2.81 bits per heavy atom. The summed E-state index contributed by atoms with van der Waals surface area (Å²) in [7, 11) is 0. The normalized spacial score (nSPS) is 14.8. The smallest absolute Gasteiger partial charge is 0.305 e. The monoisotopic (exact) mass is 241 g/mol. The second kappa shape index (κ2) is 4.56. The van der Waals surface area contributed by atoms with Gasteiger partial charge in [-0.3, -0.25) is 9.59 Å². The molecule has 6 nitrogen and oxygen atoms in total. The van der Waals surface area contributed by atoms with Crippen LogP contribution in [0.3, 0.4) is 0 Å². The Balaban J connectivity index is 2.01. The summed E-state index contributed by atoms with van der Waals surface area (Å²) in [5.74, 6) is -1.10. The molecule has 1 fully saturated rings. The molecule has 0 spiro atoms. The first-order valence-corrected chi connectivity index (χ1v) is 5.82. The molecule has 0 saturated heterocycles. The molecule has 0 atom stereocenters. The summed E-state index contributed by atoms with van der Waals surface area (Å²) in [6, 6.07) is 0.188. The van der Waals surface area contributed by atoms with Gasteiger partial charge in [-0.1, -0.05) is 4.49 Å². The minimum absolute atomic E-state index is 0.0280. The van der Waals surface area contributed by atoms with Gasteiger partial charge in [0, 0.05) is 18.0 Å². The van der Waals surface area contributed by atoms with E-state index < -0.39 is 5.97 Å². The van der Waals surface area contributed by atoms with Crippen LogP contribution >= 0.6 is 11.5 Å². The number of hydrogen-bond acceptors (Lipinski definition) is 5. The van der Waals surface area contributed by atoms with E-state index in [1.165, 1.54) is 0 Å². The molecule has 0 aromatic carbocycles. The van der Waals surface area contributed by atoms with Gasteiger partial charge in [0.1, 0.15) is 0 Å². The fraction of sp³-hybridized carbons (Fsp3) is 0.556. The molecular formula is C9H11N3O3S. The zero-order valence-electron chi connectivity index (χ0n) is 8.50. The summed E-state index contributed by atoms with van der Waals surface area (Å²) in [6.45, 7) is 0.246. The van der Waals surface area contributed by atoms with Crippen molar-refractivity contribution in [3.05, 3.63) is 11.1 Å². The Hall–Kier alpha value is -1.50. The molecule has 0 aliphatic heterocycles. The highest BCUT2D eigenvalue weighted by atomic mass is 32.1. The molecule has 1 aliphatic carbocycles. The predicted molar refractivity (Wildman–Crippen MR) is 56.2 cm³/mol. The van der Waals surface area contributed by atoms with Crippen LogP contribution in [0.15, 0.2) is 5.38 Å². The average molecular weight is 241 g/mol. The number of carboxylic acids is 1. The maximum Gasteiger partial charge on any atom is 0.305 e. The van der Waals surface area contributed by atoms with Crippen molar-refractivity contribution in [2.45, 2.75) is 25.3 Å². The molecule has 1 aliphatic rings. The molecule has 1 N–H and O–H groups in total. The van der Waals surface area contributed by atoms with Crippen molar-refractivity contribution >= 4 is 23.4 Å².